The highest BCUT2D eigenvalue weighted by Crippen LogP contribution is 2.51. The number of amides is 3. The molecule has 2 saturated heterocycles. The predicted octanol–water partition coefficient (Wildman–Crippen LogP) is 3.18. The number of piperazine rings is 1. The van der Waals surface area contributed by atoms with Crippen LogP contribution in [0.3, 0.4) is 0 Å². The Balaban J connectivity index is 1.28. The number of nitriles is 1. The number of carbonyl (C=O) groups is 3. The number of fused-ring (bicyclic) bond motifs is 1. The summed E-state index contributed by atoms with van der Waals surface area (Å²) in [4.78, 5) is 54.3. The molecular formula is C31H39N7O4. The van der Waals surface area contributed by atoms with E-state index in [0.717, 1.165) is 31.5 Å². The number of unbranched alkanes of at least 4 members (excludes halogenated alkanes) is 1. The molecule has 0 spiro atoms. The molecule has 1 N–H and O–H groups in total. The second kappa shape index (κ2) is 12.8. The lowest BCUT2D eigenvalue weighted by atomic mass is 10.0. The summed E-state index contributed by atoms with van der Waals surface area (Å²) in [5.74, 6) is 1.07. The molecule has 2 aromatic rings. The lowest BCUT2D eigenvalue weighted by Gasteiger charge is -2.36. The lowest BCUT2D eigenvalue weighted by molar-refractivity contribution is -0.135. The zero-order valence-electron chi connectivity index (χ0n) is 24.5. The van der Waals surface area contributed by atoms with Gasteiger partial charge < -0.3 is 24.8 Å². The SMILES string of the molecule is CCCCOC(=O)N1CCN(C(=O)[C@@H](NC(=O)c2cc(N3C[C@@H]4C(C#N)[C@@H]4C3)nc(-c3ccccc3)n2)C(C)C)CC1. The van der Waals surface area contributed by atoms with Gasteiger partial charge in [0.2, 0.25) is 5.91 Å². The summed E-state index contributed by atoms with van der Waals surface area (Å²) in [6, 6.07) is 12.8. The molecule has 1 aromatic carbocycles. The molecule has 4 atom stereocenters. The maximum Gasteiger partial charge on any atom is 0.409 e. The van der Waals surface area contributed by atoms with Crippen LogP contribution < -0.4 is 10.2 Å². The third kappa shape index (κ3) is 6.32. The van der Waals surface area contributed by atoms with E-state index in [1.54, 1.807) is 15.9 Å². The van der Waals surface area contributed by atoms with E-state index in [1.165, 1.54) is 0 Å². The number of anilines is 1. The fraction of sp³-hybridized carbons (Fsp3) is 0.548. The molecule has 3 fully saturated rings. The summed E-state index contributed by atoms with van der Waals surface area (Å²) in [7, 11) is 0. The summed E-state index contributed by atoms with van der Waals surface area (Å²) in [5, 5.41) is 12.3. The maximum atomic E-state index is 13.6. The highest BCUT2D eigenvalue weighted by atomic mass is 16.6. The van der Waals surface area contributed by atoms with Crippen LogP contribution in [0.1, 0.15) is 44.1 Å². The van der Waals surface area contributed by atoms with Crippen molar-refractivity contribution >= 4 is 23.7 Å². The molecule has 3 amide bonds. The topological polar surface area (TPSA) is 132 Å². The van der Waals surface area contributed by atoms with Crippen molar-refractivity contribution in [1.29, 1.82) is 5.26 Å². The van der Waals surface area contributed by atoms with Crippen molar-refractivity contribution in [2.45, 2.75) is 39.7 Å². The third-order valence-electron chi connectivity index (χ3n) is 8.44. The lowest BCUT2D eigenvalue weighted by Crippen LogP contribution is -2.57. The minimum atomic E-state index is -0.755. The Morgan fingerprint density at radius 2 is 1.71 bits per heavy atom. The summed E-state index contributed by atoms with van der Waals surface area (Å²) in [6.07, 6.45) is 1.42. The van der Waals surface area contributed by atoms with Gasteiger partial charge in [0.05, 0.1) is 18.6 Å². The van der Waals surface area contributed by atoms with E-state index in [-0.39, 0.29) is 29.5 Å². The molecule has 3 aliphatic rings. The molecule has 0 radical (unpaired) electrons. The van der Waals surface area contributed by atoms with Crippen molar-refractivity contribution in [1.82, 2.24) is 25.1 Å². The zero-order chi connectivity index (χ0) is 29.8. The molecule has 1 aromatic heterocycles. The maximum absolute atomic E-state index is 13.6. The molecule has 3 heterocycles. The Bertz CT molecular complexity index is 1320. The van der Waals surface area contributed by atoms with Gasteiger partial charge in [-0.2, -0.15) is 5.26 Å². The van der Waals surface area contributed by atoms with Gasteiger partial charge in [-0.1, -0.05) is 57.5 Å². The van der Waals surface area contributed by atoms with Crippen molar-refractivity contribution in [2.24, 2.45) is 23.7 Å². The van der Waals surface area contributed by atoms with E-state index in [1.807, 2.05) is 51.1 Å². The Hall–Kier alpha value is -4.20. The Kier molecular flexibility index (Phi) is 8.90. The van der Waals surface area contributed by atoms with Crippen molar-refractivity contribution in [3.05, 3.63) is 42.1 Å². The number of rotatable bonds is 9. The fourth-order valence-corrected chi connectivity index (χ4v) is 5.76. The van der Waals surface area contributed by atoms with Gasteiger partial charge in [-0.3, -0.25) is 9.59 Å². The molecule has 1 saturated carbocycles. The monoisotopic (exact) mass is 573 g/mol. The van der Waals surface area contributed by atoms with Gasteiger partial charge in [-0.25, -0.2) is 14.8 Å². The van der Waals surface area contributed by atoms with E-state index in [0.29, 0.717) is 56.3 Å². The first-order valence-electron chi connectivity index (χ1n) is 14.9. The molecule has 11 nitrogen and oxygen atoms in total. The highest BCUT2D eigenvalue weighted by molar-refractivity contribution is 5.97. The molecule has 11 heteroatoms. The van der Waals surface area contributed by atoms with Crippen LogP contribution in [-0.2, 0) is 9.53 Å². The Morgan fingerprint density at radius 1 is 1.05 bits per heavy atom. The van der Waals surface area contributed by atoms with Gasteiger partial charge in [0.1, 0.15) is 17.6 Å². The highest BCUT2D eigenvalue weighted by Gasteiger charge is 2.56. The van der Waals surface area contributed by atoms with E-state index in [4.69, 9.17) is 9.72 Å². The zero-order valence-corrected chi connectivity index (χ0v) is 24.5. The summed E-state index contributed by atoms with van der Waals surface area (Å²) < 4.78 is 5.31. The average Bonchev–Trinajstić information content (AvgIpc) is 3.49. The summed E-state index contributed by atoms with van der Waals surface area (Å²) >= 11 is 0. The molecule has 1 unspecified atom stereocenters. The second-order valence-corrected chi connectivity index (χ2v) is 11.7. The number of ether oxygens (including phenoxy) is 1. The van der Waals surface area contributed by atoms with E-state index in [2.05, 4.69) is 21.3 Å². The van der Waals surface area contributed by atoms with Gasteiger partial charge in [0, 0.05) is 50.9 Å². The average molecular weight is 574 g/mol. The van der Waals surface area contributed by atoms with Gasteiger partial charge in [0.15, 0.2) is 5.82 Å². The first-order chi connectivity index (χ1) is 20.3. The number of aromatic nitrogens is 2. The molecule has 2 aliphatic heterocycles. The number of piperidine rings is 1. The van der Waals surface area contributed by atoms with Gasteiger partial charge in [0.25, 0.3) is 5.91 Å². The molecule has 5 rings (SSSR count). The Labute approximate surface area is 246 Å². The van der Waals surface area contributed by atoms with Crippen LogP contribution >= 0.6 is 0 Å². The van der Waals surface area contributed by atoms with E-state index < -0.39 is 11.9 Å². The smallest absolute Gasteiger partial charge is 0.409 e. The van der Waals surface area contributed by atoms with Crippen LogP contribution in [0.5, 0.6) is 0 Å². The largest absolute Gasteiger partial charge is 0.449 e. The van der Waals surface area contributed by atoms with E-state index in [9.17, 15) is 19.6 Å². The number of hydrogen-bond donors (Lipinski definition) is 1. The number of nitrogens with one attached hydrogen (secondary N) is 1. The summed E-state index contributed by atoms with van der Waals surface area (Å²) in [6.45, 7) is 9.18. The second-order valence-electron chi connectivity index (χ2n) is 11.7. The van der Waals surface area contributed by atoms with Crippen LogP contribution in [0.4, 0.5) is 10.6 Å². The first kappa shape index (κ1) is 29.3. The fourth-order valence-electron chi connectivity index (χ4n) is 5.76. The van der Waals surface area contributed by atoms with Crippen LogP contribution in [0.15, 0.2) is 36.4 Å². The third-order valence-corrected chi connectivity index (χ3v) is 8.44. The van der Waals surface area contributed by atoms with Gasteiger partial charge in [-0.05, 0) is 24.2 Å². The number of nitrogens with zero attached hydrogens (tertiary/aromatic N) is 6. The molecular weight excluding hydrogens is 534 g/mol. The van der Waals surface area contributed by atoms with Crippen molar-refractivity contribution in [2.75, 3.05) is 50.8 Å². The van der Waals surface area contributed by atoms with Crippen LogP contribution in [0.2, 0.25) is 0 Å². The van der Waals surface area contributed by atoms with Gasteiger partial charge >= 0.3 is 6.09 Å². The van der Waals surface area contributed by atoms with Crippen LogP contribution in [-0.4, -0.2) is 89.6 Å². The first-order valence-corrected chi connectivity index (χ1v) is 14.9. The molecule has 0 bridgehead atoms. The van der Waals surface area contributed by atoms with Crippen LogP contribution in [0, 0.1) is 35.0 Å². The number of carbonyl (C=O) groups excluding carboxylic acids is 3. The summed E-state index contributed by atoms with van der Waals surface area (Å²) in [5.41, 5.74) is 0.976. The molecule has 222 valence electrons. The minimum absolute atomic E-state index is 0.103. The van der Waals surface area contributed by atoms with Crippen molar-refractivity contribution in [3.63, 3.8) is 0 Å². The number of hydrogen-bond acceptors (Lipinski definition) is 8. The predicted molar refractivity (Wildman–Crippen MR) is 156 cm³/mol. The molecule has 1 aliphatic carbocycles. The number of benzene rings is 1. The van der Waals surface area contributed by atoms with Crippen molar-refractivity contribution in [3.8, 4) is 17.5 Å². The quantitative estimate of drug-likeness (QED) is 0.453. The van der Waals surface area contributed by atoms with Crippen LogP contribution in [0.25, 0.3) is 11.4 Å². The van der Waals surface area contributed by atoms with Gasteiger partial charge in [-0.15, -0.1) is 0 Å². The van der Waals surface area contributed by atoms with E-state index >= 15 is 0 Å². The molecule has 42 heavy (non-hydrogen) atoms. The minimum Gasteiger partial charge on any atom is -0.449 e. The Morgan fingerprint density at radius 3 is 2.33 bits per heavy atom. The standard InChI is InChI=1S/C31H39N7O4/c1-4-5-15-42-31(41)37-13-11-36(12-14-37)30(40)27(20(2)3)35-29(39)25-16-26(38-18-23-22(17-32)24(23)19-38)34-28(33-25)21-9-7-6-8-10-21/h6-10,16,20,22-24,27H,4-5,11-15,18-19H2,1-3H3,(H,35,39)/t22?,23-,24+,27-/m0/s1. The van der Waals surface area contributed by atoms with Crippen molar-refractivity contribution < 1.29 is 19.1 Å². The normalized spacial score (nSPS) is 21.9.